The first kappa shape index (κ1) is 13.8. The molecule has 0 radical (unpaired) electrons. The lowest BCUT2D eigenvalue weighted by Crippen LogP contribution is -2.41. The molecule has 2 heterocycles. The molecule has 0 N–H and O–H groups in total. The summed E-state index contributed by atoms with van der Waals surface area (Å²) in [6.45, 7) is 3.13. The molecule has 0 aromatic heterocycles. The van der Waals surface area contributed by atoms with Crippen LogP contribution in [0.25, 0.3) is 0 Å². The zero-order chi connectivity index (χ0) is 14.3. The highest BCUT2D eigenvalue weighted by Gasteiger charge is 2.47. The number of rotatable bonds is 4. The molecule has 2 aliphatic rings. The second-order valence-corrected chi connectivity index (χ2v) is 8.17. The van der Waals surface area contributed by atoms with Gasteiger partial charge in [0, 0.05) is 24.7 Å². The maximum absolute atomic E-state index is 11.7. The number of benzene rings is 1. The van der Waals surface area contributed by atoms with E-state index in [2.05, 4.69) is 4.90 Å². The van der Waals surface area contributed by atoms with Gasteiger partial charge in [0.15, 0.2) is 15.6 Å². The van der Waals surface area contributed by atoms with Gasteiger partial charge in [0.25, 0.3) is 0 Å². The summed E-state index contributed by atoms with van der Waals surface area (Å²) in [5.41, 5.74) is 1.89. The van der Waals surface area contributed by atoms with E-state index in [0.717, 1.165) is 30.5 Å². The van der Waals surface area contributed by atoms with Crippen molar-refractivity contribution in [3.63, 3.8) is 0 Å². The summed E-state index contributed by atoms with van der Waals surface area (Å²) in [4.78, 5) is 13.6. The summed E-state index contributed by atoms with van der Waals surface area (Å²) < 4.78 is 23.4. The Kier molecular flexibility index (Phi) is 3.42. The molecule has 2 atom stereocenters. The summed E-state index contributed by atoms with van der Waals surface area (Å²) in [5, 5.41) is -0.143. The fourth-order valence-corrected chi connectivity index (χ4v) is 5.36. The summed E-state index contributed by atoms with van der Waals surface area (Å²) in [6, 6.07) is 7.91. The van der Waals surface area contributed by atoms with E-state index in [4.69, 9.17) is 0 Å². The van der Waals surface area contributed by atoms with Gasteiger partial charge in [0.2, 0.25) is 0 Å². The number of sulfone groups is 1. The molecule has 2 saturated heterocycles. The van der Waals surface area contributed by atoms with Crippen LogP contribution in [0.15, 0.2) is 24.3 Å². The van der Waals surface area contributed by atoms with Crippen LogP contribution in [-0.2, 0) is 16.3 Å². The average molecular weight is 293 g/mol. The number of Topliss-reactive ketones (excluding diaryl/α,β-unsaturated/α-hetero) is 1. The molecule has 108 valence electrons. The van der Waals surface area contributed by atoms with Gasteiger partial charge in [-0.25, -0.2) is 8.42 Å². The molecule has 0 saturated carbocycles. The number of nitrogens with zero attached hydrogens (tertiary/aromatic N) is 1. The number of hydrogen-bond donors (Lipinski definition) is 0. The Labute approximate surface area is 119 Å². The maximum Gasteiger partial charge on any atom is 0.159 e. The molecule has 0 amide bonds. The normalized spacial score (nSPS) is 27.9. The molecule has 20 heavy (non-hydrogen) atoms. The van der Waals surface area contributed by atoms with Crippen LogP contribution in [-0.4, -0.2) is 49.2 Å². The molecule has 2 bridgehead atoms. The second kappa shape index (κ2) is 4.97. The van der Waals surface area contributed by atoms with Crippen molar-refractivity contribution < 1.29 is 13.2 Å². The van der Waals surface area contributed by atoms with Crippen molar-refractivity contribution in [1.82, 2.24) is 4.90 Å². The lowest BCUT2D eigenvalue weighted by atomic mass is 10.1. The predicted octanol–water partition coefficient (Wildman–Crippen LogP) is 1.30. The maximum atomic E-state index is 11.7. The van der Waals surface area contributed by atoms with Crippen LogP contribution in [0.2, 0.25) is 0 Å². The van der Waals surface area contributed by atoms with Crippen LogP contribution >= 0.6 is 0 Å². The minimum absolute atomic E-state index is 0.0816. The third-order valence-electron chi connectivity index (χ3n) is 4.44. The lowest BCUT2D eigenvalue weighted by Gasteiger charge is -2.26. The van der Waals surface area contributed by atoms with Gasteiger partial charge in [0.05, 0.1) is 11.0 Å². The second-order valence-electron chi connectivity index (χ2n) is 5.84. The van der Waals surface area contributed by atoms with E-state index in [1.807, 2.05) is 24.3 Å². The van der Waals surface area contributed by atoms with E-state index in [0.29, 0.717) is 12.3 Å². The third kappa shape index (κ3) is 2.52. The van der Waals surface area contributed by atoms with E-state index >= 15 is 0 Å². The van der Waals surface area contributed by atoms with Crippen molar-refractivity contribution >= 4 is 15.6 Å². The molecule has 2 unspecified atom stereocenters. The van der Waals surface area contributed by atoms with Crippen LogP contribution in [0.3, 0.4) is 0 Å². The summed E-state index contributed by atoms with van der Waals surface area (Å²) in [6.07, 6.45) is 1.67. The Balaban J connectivity index is 1.62. The molecule has 4 nitrogen and oxygen atoms in total. The summed E-state index contributed by atoms with van der Waals surface area (Å²) >= 11 is 0. The Hall–Kier alpha value is -1.20. The predicted molar refractivity (Wildman–Crippen MR) is 77.7 cm³/mol. The van der Waals surface area contributed by atoms with Gasteiger partial charge in [-0.3, -0.25) is 9.69 Å². The third-order valence-corrected chi connectivity index (χ3v) is 6.65. The minimum atomic E-state index is -2.81. The van der Waals surface area contributed by atoms with Gasteiger partial charge < -0.3 is 0 Å². The Morgan fingerprint density at radius 3 is 2.80 bits per heavy atom. The van der Waals surface area contributed by atoms with Gasteiger partial charge in [-0.2, -0.15) is 0 Å². The van der Waals surface area contributed by atoms with Crippen molar-refractivity contribution in [1.29, 1.82) is 0 Å². The fraction of sp³-hybridized carbons (Fsp3) is 0.533. The molecule has 5 heteroatoms. The smallest absolute Gasteiger partial charge is 0.159 e. The first-order chi connectivity index (χ1) is 9.45. The SMILES string of the molecule is CC(=O)c1cccc(CCN2CC3CC2CS3(=O)=O)c1. The van der Waals surface area contributed by atoms with Gasteiger partial charge >= 0.3 is 0 Å². The van der Waals surface area contributed by atoms with E-state index in [9.17, 15) is 13.2 Å². The monoisotopic (exact) mass is 293 g/mol. The zero-order valence-corrected chi connectivity index (χ0v) is 12.4. The Morgan fingerprint density at radius 2 is 2.20 bits per heavy atom. The molecular weight excluding hydrogens is 274 g/mol. The average Bonchev–Trinajstić information content (AvgIpc) is 2.92. The van der Waals surface area contributed by atoms with Crippen LogP contribution in [0.1, 0.15) is 29.3 Å². The number of carbonyl (C=O) groups is 1. The molecule has 3 rings (SSSR count). The van der Waals surface area contributed by atoms with Gasteiger partial charge in [-0.1, -0.05) is 18.2 Å². The molecule has 1 aromatic carbocycles. The fourth-order valence-electron chi connectivity index (χ4n) is 3.27. The molecular formula is C15H19NO3S. The molecule has 1 aromatic rings. The number of hydrogen-bond acceptors (Lipinski definition) is 4. The molecule has 2 fully saturated rings. The highest BCUT2D eigenvalue weighted by atomic mass is 32.2. The van der Waals surface area contributed by atoms with E-state index in [-0.39, 0.29) is 17.1 Å². The van der Waals surface area contributed by atoms with Crippen molar-refractivity contribution in [2.75, 3.05) is 18.8 Å². The molecule has 0 spiro atoms. The van der Waals surface area contributed by atoms with E-state index in [1.54, 1.807) is 6.92 Å². The highest BCUT2D eigenvalue weighted by molar-refractivity contribution is 7.92. The van der Waals surface area contributed by atoms with Crippen LogP contribution in [0.5, 0.6) is 0 Å². The number of ketones is 1. The van der Waals surface area contributed by atoms with Crippen molar-refractivity contribution in [3.8, 4) is 0 Å². The number of likely N-dealkylation sites (tertiary alicyclic amines) is 1. The van der Waals surface area contributed by atoms with Crippen LogP contribution in [0.4, 0.5) is 0 Å². The topological polar surface area (TPSA) is 54.5 Å². The Bertz CT molecular complexity index is 638. The number of fused-ring (bicyclic) bond motifs is 2. The standard InChI is InChI=1S/C15H19NO3S/c1-11(17)13-4-2-3-12(7-13)5-6-16-9-15-8-14(16)10-20(15,18)19/h2-4,7,14-15H,5-6,8-10H2,1H3. The first-order valence-corrected chi connectivity index (χ1v) is 8.73. The summed E-state index contributed by atoms with van der Waals surface area (Å²) in [7, 11) is -2.81. The van der Waals surface area contributed by atoms with Crippen molar-refractivity contribution in [2.24, 2.45) is 0 Å². The largest absolute Gasteiger partial charge is 0.298 e. The Morgan fingerprint density at radius 1 is 1.40 bits per heavy atom. The molecule has 0 aliphatic carbocycles. The lowest BCUT2D eigenvalue weighted by molar-refractivity contribution is 0.101. The quantitative estimate of drug-likeness (QED) is 0.785. The van der Waals surface area contributed by atoms with Crippen LogP contribution < -0.4 is 0 Å². The highest BCUT2D eigenvalue weighted by Crippen LogP contribution is 2.32. The van der Waals surface area contributed by atoms with Crippen LogP contribution in [0, 0.1) is 0 Å². The molecule has 2 aliphatic heterocycles. The zero-order valence-electron chi connectivity index (χ0n) is 11.6. The summed E-state index contributed by atoms with van der Waals surface area (Å²) in [5.74, 6) is 0.406. The first-order valence-electron chi connectivity index (χ1n) is 7.01. The van der Waals surface area contributed by atoms with Gasteiger partial charge in [-0.15, -0.1) is 0 Å². The van der Waals surface area contributed by atoms with E-state index in [1.165, 1.54) is 0 Å². The van der Waals surface area contributed by atoms with Crippen molar-refractivity contribution in [3.05, 3.63) is 35.4 Å². The number of carbonyl (C=O) groups excluding carboxylic acids is 1. The van der Waals surface area contributed by atoms with Crippen molar-refractivity contribution in [2.45, 2.75) is 31.1 Å². The van der Waals surface area contributed by atoms with Gasteiger partial charge in [0.1, 0.15) is 0 Å². The minimum Gasteiger partial charge on any atom is -0.298 e. The van der Waals surface area contributed by atoms with E-state index < -0.39 is 9.84 Å². The van der Waals surface area contributed by atoms with Gasteiger partial charge in [-0.05, 0) is 31.4 Å².